The van der Waals surface area contributed by atoms with E-state index in [1.165, 1.54) is 12.8 Å². The van der Waals surface area contributed by atoms with E-state index in [9.17, 15) is 0 Å². The molecule has 1 aliphatic heterocycles. The number of fused-ring (bicyclic) bond motifs is 1. The van der Waals surface area contributed by atoms with Crippen molar-refractivity contribution in [3.05, 3.63) is 35.2 Å². The van der Waals surface area contributed by atoms with Gasteiger partial charge in [-0.2, -0.15) is 0 Å². The minimum absolute atomic E-state index is 0. The van der Waals surface area contributed by atoms with Gasteiger partial charge in [-0.15, -0.1) is 24.0 Å². The Kier molecular flexibility index (Phi) is 5.91. The number of piperidine rings is 1. The second-order valence-electron chi connectivity index (χ2n) is 5.71. The minimum Gasteiger partial charge on any atom is -0.370 e. The lowest BCUT2D eigenvalue weighted by atomic mass is 10.0. The van der Waals surface area contributed by atoms with E-state index in [1.807, 2.05) is 28.9 Å². The van der Waals surface area contributed by atoms with Crippen LogP contribution in [-0.2, 0) is 6.54 Å². The van der Waals surface area contributed by atoms with Crippen molar-refractivity contribution in [2.24, 2.45) is 16.6 Å². The molecule has 1 aliphatic rings. The Labute approximate surface area is 152 Å². The molecule has 0 aliphatic carbocycles. The predicted octanol–water partition coefficient (Wildman–Crippen LogP) is 3.15. The molecule has 120 valence electrons. The maximum Gasteiger partial charge on any atom is 0.191 e. The number of hydrogen-bond acceptors (Lipinski definition) is 2. The van der Waals surface area contributed by atoms with Crippen LogP contribution in [-0.4, -0.2) is 33.3 Å². The largest absolute Gasteiger partial charge is 0.370 e. The topological polar surface area (TPSA) is 58.9 Å². The highest BCUT2D eigenvalue weighted by atomic mass is 127. The summed E-state index contributed by atoms with van der Waals surface area (Å²) in [5, 5.41) is 0.691. The first-order valence-corrected chi connectivity index (χ1v) is 7.67. The zero-order valence-electron chi connectivity index (χ0n) is 12.6. The molecule has 5 nitrogen and oxygen atoms in total. The van der Waals surface area contributed by atoms with Gasteiger partial charge in [-0.1, -0.05) is 18.5 Å². The summed E-state index contributed by atoms with van der Waals surface area (Å²) in [5.41, 5.74) is 7.86. The number of likely N-dealkylation sites (tertiary alicyclic amines) is 1. The fraction of sp³-hybridized carbons (Fsp3) is 0.467. The third-order valence-electron chi connectivity index (χ3n) is 3.85. The fourth-order valence-corrected chi connectivity index (χ4v) is 2.92. The van der Waals surface area contributed by atoms with Crippen molar-refractivity contribution in [1.82, 2.24) is 14.3 Å². The molecule has 1 fully saturated rings. The molecular formula is C15H21ClIN5. The Morgan fingerprint density at radius 1 is 1.45 bits per heavy atom. The molecule has 3 rings (SSSR count). The molecule has 3 heterocycles. The Balaban J connectivity index is 0.00000176. The van der Waals surface area contributed by atoms with Crippen molar-refractivity contribution in [2.45, 2.75) is 26.3 Å². The van der Waals surface area contributed by atoms with E-state index >= 15 is 0 Å². The summed E-state index contributed by atoms with van der Waals surface area (Å²) < 4.78 is 1.91. The summed E-state index contributed by atoms with van der Waals surface area (Å²) in [6.07, 6.45) is 6.24. The van der Waals surface area contributed by atoms with Crippen LogP contribution in [0.4, 0.5) is 0 Å². The molecule has 7 heteroatoms. The normalized spacial score (nSPS) is 19.3. The van der Waals surface area contributed by atoms with E-state index in [1.54, 1.807) is 0 Å². The SMILES string of the molecule is CC1CCCN(C(N)=NCc2cn3cc(Cl)ccc3n2)C1.I. The average molecular weight is 434 g/mol. The van der Waals surface area contributed by atoms with Crippen molar-refractivity contribution >= 4 is 47.2 Å². The van der Waals surface area contributed by atoms with Crippen LogP contribution < -0.4 is 5.73 Å². The second-order valence-corrected chi connectivity index (χ2v) is 6.15. The van der Waals surface area contributed by atoms with Gasteiger partial charge in [0.15, 0.2) is 5.96 Å². The molecule has 1 unspecified atom stereocenters. The smallest absolute Gasteiger partial charge is 0.191 e. The standard InChI is InChI=1S/C15H20ClN5.HI/c1-11-3-2-6-20(8-11)15(17)18-7-13-10-21-9-12(16)4-5-14(21)19-13;/h4-5,9-11H,2-3,6-8H2,1H3,(H2,17,18);1H. The van der Waals surface area contributed by atoms with Crippen molar-refractivity contribution < 1.29 is 0 Å². The molecule has 0 amide bonds. The molecule has 2 aromatic rings. The van der Waals surface area contributed by atoms with Gasteiger partial charge in [0, 0.05) is 25.5 Å². The molecular weight excluding hydrogens is 413 g/mol. The van der Waals surface area contributed by atoms with E-state index in [0.29, 0.717) is 23.4 Å². The summed E-state index contributed by atoms with van der Waals surface area (Å²) in [7, 11) is 0. The summed E-state index contributed by atoms with van der Waals surface area (Å²) in [6, 6.07) is 3.73. The van der Waals surface area contributed by atoms with Crippen molar-refractivity contribution in [2.75, 3.05) is 13.1 Å². The van der Waals surface area contributed by atoms with Gasteiger partial charge in [-0.25, -0.2) is 9.98 Å². The van der Waals surface area contributed by atoms with Crippen LogP contribution in [0, 0.1) is 5.92 Å². The summed E-state index contributed by atoms with van der Waals surface area (Å²) >= 11 is 5.97. The third-order valence-corrected chi connectivity index (χ3v) is 4.07. The van der Waals surface area contributed by atoms with E-state index in [0.717, 1.165) is 24.4 Å². The van der Waals surface area contributed by atoms with E-state index < -0.39 is 0 Å². The number of rotatable bonds is 2. The van der Waals surface area contributed by atoms with Crippen LogP contribution in [0.1, 0.15) is 25.5 Å². The lowest BCUT2D eigenvalue weighted by molar-refractivity contribution is 0.270. The zero-order chi connectivity index (χ0) is 14.8. The first-order valence-electron chi connectivity index (χ1n) is 7.30. The van der Waals surface area contributed by atoms with Crippen LogP contribution >= 0.6 is 35.6 Å². The third kappa shape index (κ3) is 4.04. The number of nitrogens with zero attached hydrogens (tertiary/aromatic N) is 4. The zero-order valence-corrected chi connectivity index (χ0v) is 15.7. The maximum absolute atomic E-state index is 6.10. The van der Waals surface area contributed by atoms with Gasteiger partial charge in [-0.05, 0) is 30.9 Å². The van der Waals surface area contributed by atoms with E-state index in [4.69, 9.17) is 17.3 Å². The summed E-state index contributed by atoms with van der Waals surface area (Å²) in [4.78, 5) is 11.2. The van der Waals surface area contributed by atoms with Crippen LogP contribution in [0.25, 0.3) is 5.65 Å². The number of imidazole rings is 1. The fourth-order valence-electron chi connectivity index (χ4n) is 2.75. The average Bonchev–Trinajstić information content (AvgIpc) is 2.86. The van der Waals surface area contributed by atoms with Gasteiger partial charge < -0.3 is 15.0 Å². The first-order chi connectivity index (χ1) is 10.1. The number of halogens is 2. The summed E-state index contributed by atoms with van der Waals surface area (Å²) in [6.45, 7) is 4.75. The Morgan fingerprint density at radius 3 is 3.05 bits per heavy atom. The van der Waals surface area contributed by atoms with Gasteiger partial charge in [0.2, 0.25) is 0 Å². The molecule has 0 radical (unpaired) electrons. The second kappa shape index (κ2) is 7.50. The molecule has 22 heavy (non-hydrogen) atoms. The van der Waals surface area contributed by atoms with Gasteiger partial charge in [0.05, 0.1) is 17.3 Å². The highest BCUT2D eigenvalue weighted by molar-refractivity contribution is 14.0. The quantitative estimate of drug-likeness (QED) is 0.450. The number of aromatic nitrogens is 2. The van der Waals surface area contributed by atoms with Gasteiger partial charge in [0.25, 0.3) is 0 Å². The molecule has 0 aromatic carbocycles. The molecule has 0 saturated carbocycles. The monoisotopic (exact) mass is 433 g/mol. The van der Waals surface area contributed by atoms with Crippen molar-refractivity contribution in [3.8, 4) is 0 Å². The molecule has 2 N–H and O–H groups in total. The Bertz CT molecular complexity index is 669. The number of aliphatic imine (C=N–C) groups is 1. The lowest BCUT2D eigenvalue weighted by Crippen LogP contribution is -2.43. The maximum atomic E-state index is 6.10. The molecule has 2 aromatic heterocycles. The van der Waals surface area contributed by atoms with Gasteiger partial charge in [-0.3, -0.25) is 0 Å². The van der Waals surface area contributed by atoms with Crippen LogP contribution in [0.15, 0.2) is 29.5 Å². The molecule has 1 saturated heterocycles. The van der Waals surface area contributed by atoms with Crippen molar-refractivity contribution in [3.63, 3.8) is 0 Å². The van der Waals surface area contributed by atoms with Crippen molar-refractivity contribution in [1.29, 1.82) is 0 Å². The molecule has 0 spiro atoms. The minimum atomic E-state index is 0. The summed E-state index contributed by atoms with van der Waals surface area (Å²) in [5.74, 6) is 1.31. The van der Waals surface area contributed by atoms with Gasteiger partial charge in [0.1, 0.15) is 5.65 Å². The van der Waals surface area contributed by atoms with Crippen LogP contribution in [0.3, 0.4) is 0 Å². The van der Waals surface area contributed by atoms with E-state index in [2.05, 4.69) is 21.8 Å². The predicted molar refractivity (Wildman–Crippen MR) is 101 cm³/mol. The highest BCUT2D eigenvalue weighted by Gasteiger charge is 2.17. The first kappa shape index (κ1) is 17.3. The highest BCUT2D eigenvalue weighted by Crippen LogP contribution is 2.15. The number of guanidine groups is 1. The number of nitrogens with two attached hydrogens (primary N) is 1. The molecule has 0 bridgehead atoms. The van der Waals surface area contributed by atoms with E-state index in [-0.39, 0.29) is 24.0 Å². The Morgan fingerprint density at radius 2 is 2.27 bits per heavy atom. The van der Waals surface area contributed by atoms with Crippen LogP contribution in [0.2, 0.25) is 5.02 Å². The van der Waals surface area contributed by atoms with Gasteiger partial charge >= 0.3 is 0 Å². The lowest BCUT2D eigenvalue weighted by Gasteiger charge is -2.31. The Hall–Kier alpha value is -1.02. The molecule has 1 atom stereocenters. The van der Waals surface area contributed by atoms with Crippen LogP contribution in [0.5, 0.6) is 0 Å². The number of hydrogen-bond donors (Lipinski definition) is 1. The number of pyridine rings is 1.